The molecule has 0 N–H and O–H groups in total. The Bertz CT molecular complexity index is 791. The maximum absolute atomic E-state index is 5.17. The largest absolute Gasteiger partial charge is 0.377 e. The average Bonchev–Trinajstić information content (AvgIpc) is 2.99. The Morgan fingerprint density at radius 3 is 3.20 bits per heavy atom. The minimum Gasteiger partial charge on any atom is -0.377 e. The van der Waals surface area contributed by atoms with E-state index in [0.29, 0.717) is 6.61 Å². The van der Waals surface area contributed by atoms with E-state index in [4.69, 9.17) is 4.74 Å². The van der Waals surface area contributed by atoms with Crippen LogP contribution in [0.5, 0.6) is 0 Å². The van der Waals surface area contributed by atoms with Crippen LogP contribution in [0, 0.1) is 5.92 Å². The number of rotatable bonds is 2. The lowest BCUT2D eigenvalue weighted by molar-refractivity contribution is 0.177. The number of methoxy groups -OCH3 is 1. The Labute approximate surface area is 120 Å². The van der Waals surface area contributed by atoms with E-state index in [1.54, 1.807) is 7.11 Å². The molecule has 0 saturated carbocycles. The highest BCUT2D eigenvalue weighted by Crippen LogP contribution is 2.38. The van der Waals surface area contributed by atoms with Gasteiger partial charge in [0.05, 0.1) is 5.39 Å². The zero-order chi connectivity index (χ0) is 13.7. The van der Waals surface area contributed by atoms with Crippen LogP contribution >= 0.6 is 11.3 Å². The van der Waals surface area contributed by atoms with Gasteiger partial charge in [-0.3, -0.25) is 4.40 Å². The molecule has 4 rings (SSSR count). The summed E-state index contributed by atoms with van der Waals surface area (Å²) in [5.74, 6) is 1.58. The van der Waals surface area contributed by atoms with E-state index in [-0.39, 0.29) is 0 Å². The molecule has 0 radical (unpaired) electrons. The molecule has 104 valence electrons. The zero-order valence-corrected chi connectivity index (χ0v) is 12.4. The standard InChI is InChI=1S/C14H16N4OS/c1-8-3-4-9-10(5-8)20-14-12(9)13-17-16-11(6-19-2)18(13)7-15-14/h7-8H,3-6H2,1-2H3/t8-/m0/s1. The van der Waals surface area contributed by atoms with Crippen molar-refractivity contribution in [3.63, 3.8) is 0 Å². The Kier molecular flexibility index (Phi) is 2.75. The van der Waals surface area contributed by atoms with E-state index in [0.717, 1.165) is 28.6 Å². The molecule has 0 amide bonds. The van der Waals surface area contributed by atoms with Crippen molar-refractivity contribution in [3.8, 4) is 0 Å². The van der Waals surface area contributed by atoms with Gasteiger partial charge in [-0.15, -0.1) is 21.5 Å². The molecule has 0 unspecified atom stereocenters. The van der Waals surface area contributed by atoms with Gasteiger partial charge in [-0.1, -0.05) is 6.92 Å². The van der Waals surface area contributed by atoms with Crippen LogP contribution in [0.1, 0.15) is 29.6 Å². The van der Waals surface area contributed by atoms with Crippen molar-refractivity contribution in [2.75, 3.05) is 7.11 Å². The van der Waals surface area contributed by atoms with Gasteiger partial charge in [-0.2, -0.15) is 0 Å². The van der Waals surface area contributed by atoms with Crippen molar-refractivity contribution in [2.45, 2.75) is 32.8 Å². The monoisotopic (exact) mass is 288 g/mol. The summed E-state index contributed by atoms with van der Waals surface area (Å²) in [5, 5.41) is 9.80. The van der Waals surface area contributed by atoms with Crippen LogP contribution in [0.25, 0.3) is 15.9 Å². The number of nitrogens with zero attached hydrogens (tertiary/aromatic N) is 4. The minimum absolute atomic E-state index is 0.456. The van der Waals surface area contributed by atoms with Gasteiger partial charge in [0.25, 0.3) is 0 Å². The minimum atomic E-state index is 0.456. The van der Waals surface area contributed by atoms with Gasteiger partial charge in [0.15, 0.2) is 11.5 Å². The lowest BCUT2D eigenvalue weighted by atomic mass is 9.89. The molecular weight excluding hydrogens is 272 g/mol. The fraction of sp³-hybridized carbons (Fsp3) is 0.500. The van der Waals surface area contributed by atoms with E-state index in [1.165, 1.54) is 28.7 Å². The first-order valence-electron chi connectivity index (χ1n) is 6.89. The van der Waals surface area contributed by atoms with Crippen LogP contribution < -0.4 is 0 Å². The lowest BCUT2D eigenvalue weighted by Gasteiger charge is -2.17. The molecule has 1 aliphatic rings. The molecule has 0 fully saturated rings. The number of fused-ring (bicyclic) bond motifs is 5. The Morgan fingerprint density at radius 2 is 2.35 bits per heavy atom. The van der Waals surface area contributed by atoms with Crippen LogP contribution in [-0.4, -0.2) is 26.7 Å². The summed E-state index contributed by atoms with van der Waals surface area (Å²) in [7, 11) is 1.67. The third kappa shape index (κ3) is 1.68. The molecule has 3 heterocycles. The predicted octanol–water partition coefficient (Wildman–Crippen LogP) is 2.61. The summed E-state index contributed by atoms with van der Waals surface area (Å²) in [6.45, 7) is 2.78. The van der Waals surface area contributed by atoms with Crippen LogP contribution in [-0.2, 0) is 24.2 Å². The summed E-state index contributed by atoms with van der Waals surface area (Å²) in [6, 6.07) is 0. The van der Waals surface area contributed by atoms with E-state index in [9.17, 15) is 0 Å². The van der Waals surface area contributed by atoms with Crippen molar-refractivity contribution in [1.82, 2.24) is 19.6 Å². The van der Waals surface area contributed by atoms with Crippen LogP contribution in [0.2, 0.25) is 0 Å². The van der Waals surface area contributed by atoms with E-state index in [1.807, 2.05) is 22.1 Å². The predicted molar refractivity (Wildman–Crippen MR) is 78.1 cm³/mol. The number of thiophene rings is 1. The first-order valence-corrected chi connectivity index (χ1v) is 7.71. The molecule has 0 aromatic carbocycles. The highest BCUT2D eigenvalue weighted by molar-refractivity contribution is 7.19. The van der Waals surface area contributed by atoms with E-state index in [2.05, 4.69) is 22.1 Å². The summed E-state index contributed by atoms with van der Waals surface area (Å²) >= 11 is 1.82. The first-order chi connectivity index (χ1) is 9.78. The number of aryl methyl sites for hydroxylation is 1. The molecule has 0 bridgehead atoms. The normalized spacial score (nSPS) is 18.8. The van der Waals surface area contributed by atoms with Gasteiger partial charge in [0.1, 0.15) is 17.8 Å². The second-order valence-electron chi connectivity index (χ2n) is 5.52. The Morgan fingerprint density at radius 1 is 1.45 bits per heavy atom. The topological polar surface area (TPSA) is 52.3 Å². The number of hydrogen-bond acceptors (Lipinski definition) is 5. The first kappa shape index (κ1) is 12.2. The SMILES string of the molecule is COCc1nnc2c3c4c(sc3ncn12)C[C@@H](C)CC4. The van der Waals surface area contributed by atoms with E-state index >= 15 is 0 Å². The highest BCUT2D eigenvalue weighted by Gasteiger charge is 2.23. The molecule has 3 aromatic heterocycles. The molecule has 6 heteroatoms. The maximum Gasteiger partial charge on any atom is 0.172 e. The summed E-state index contributed by atoms with van der Waals surface area (Å²) < 4.78 is 7.12. The van der Waals surface area contributed by atoms with Crippen LogP contribution in [0.4, 0.5) is 0 Å². The molecule has 0 spiro atoms. The zero-order valence-electron chi connectivity index (χ0n) is 11.6. The van der Waals surface area contributed by atoms with Crippen LogP contribution in [0.15, 0.2) is 6.33 Å². The molecule has 3 aromatic rings. The third-order valence-corrected chi connectivity index (χ3v) is 5.21. The molecule has 5 nitrogen and oxygen atoms in total. The second-order valence-corrected chi connectivity index (χ2v) is 6.60. The van der Waals surface area contributed by atoms with E-state index < -0.39 is 0 Å². The van der Waals surface area contributed by atoms with Crippen molar-refractivity contribution in [3.05, 3.63) is 22.6 Å². The van der Waals surface area contributed by atoms with Gasteiger partial charge >= 0.3 is 0 Å². The van der Waals surface area contributed by atoms with Crippen molar-refractivity contribution in [2.24, 2.45) is 5.92 Å². The fourth-order valence-corrected chi connectivity index (χ4v) is 4.36. The third-order valence-electron chi connectivity index (χ3n) is 4.05. The van der Waals surface area contributed by atoms with Crippen molar-refractivity contribution in [1.29, 1.82) is 0 Å². The highest BCUT2D eigenvalue weighted by atomic mass is 32.1. The lowest BCUT2D eigenvalue weighted by Crippen LogP contribution is -2.08. The van der Waals surface area contributed by atoms with Crippen LogP contribution in [0.3, 0.4) is 0 Å². The van der Waals surface area contributed by atoms with Gasteiger partial charge in [-0.05, 0) is 30.7 Å². The number of aromatic nitrogens is 4. The summed E-state index contributed by atoms with van der Waals surface area (Å²) in [5.41, 5.74) is 2.37. The molecule has 1 atom stereocenters. The summed E-state index contributed by atoms with van der Waals surface area (Å²) in [6.07, 6.45) is 5.36. The average molecular weight is 288 g/mol. The van der Waals surface area contributed by atoms with Gasteiger partial charge in [0.2, 0.25) is 0 Å². The molecule has 0 saturated heterocycles. The number of ether oxygens (including phenoxy) is 1. The summed E-state index contributed by atoms with van der Waals surface area (Å²) in [4.78, 5) is 7.17. The van der Waals surface area contributed by atoms with Crippen molar-refractivity contribution >= 4 is 27.2 Å². The maximum atomic E-state index is 5.17. The van der Waals surface area contributed by atoms with Crippen molar-refractivity contribution < 1.29 is 4.74 Å². The second kappa shape index (κ2) is 4.49. The number of hydrogen-bond donors (Lipinski definition) is 0. The molecule has 20 heavy (non-hydrogen) atoms. The van der Waals surface area contributed by atoms with Gasteiger partial charge < -0.3 is 4.74 Å². The molecule has 1 aliphatic carbocycles. The van der Waals surface area contributed by atoms with Gasteiger partial charge in [-0.25, -0.2) is 4.98 Å². The Balaban J connectivity index is 1.99. The fourth-order valence-electron chi connectivity index (χ4n) is 3.01. The molecular formula is C14H16N4OS. The van der Waals surface area contributed by atoms with Gasteiger partial charge in [0, 0.05) is 12.0 Å². The smallest absolute Gasteiger partial charge is 0.172 e. The molecule has 0 aliphatic heterocycles. The quantitative estimate of drug-likeness (QED) is 0.727. The Hall–Kier alpha value is -1.53.